The lowest BCUT2D eigenvalue weighted by Gasteiger charge is -2.58. The van der Waals surface area contributed by atoms with Crippen LogP contribution in [0.3, 0.4) is 0 Å². The minimum absolute atomic E-state index is 0.376. The molecule has 3 fully saturated rings. The monoisotopic (exact) mass is 820 g/mol. The number of hydrogen-bond acceptors (Lipinski definition) is 6. The van der Waals surface area contributed by atoms with Crippen LogP contribution >= 0.6 is 21.6 Å². The zero-order valence-electron chi connectivity index (χ0n) is 38.0. The van der Waals surface area contributed by atoms with Crippen molar-refractivity contribution >= 4 is 33.8 Å². The molecule has 9 heteroatoms. The number of rotatable bonds is 20. The number of carbonyl (C=O) groups is 2. The van der Waals surface area contributed by atoms with Crippen LogP contribution in [0.2, 0.25) is 0 Å². The average molecular weight is 820 g/mol. The third kappa shape index (κ3) is 13.5. The number of allylic oxidation sites excluding steroid dienone is 2. The first-order valence-corrected chi connectivity index (χ1v) is 25.1. The SMILES string of the molecule is CC(C)CCC[C@@H](C)[C@H]1CC[C@H]2[C@@H]3CC=C4C[C@@H](SSCCCN(CCCC(C)(C)NC(=O)OC(C)(C)C)CCC(C)(C)NC(=O)O)CC[C@]4(C)[C@H]3CC[C@]12C. The molecule has 324 valence electrons. The van der Waals surface area contributed by atoms with Crippen molar-refractivity contribution in [1.29, 1.82) is 0 Å². The van der Waals surface area contributed by atoms with E-state index in [4.69, 9.17) is 4.74 Å². The molecule has 7 nitrogen and oxygen atoms in total. The Labute approximate surface area is 352 Å². The topological polar surface area (TPSA) is 90.9 Å². The van der Waals surface area contributed by atoms with Crippen LogP contribution < -0.4 is 10.6 Å². The van der Waals surface area contributed by atoms with E-state index in [9.17, 15) is 14.7 Å². The smallest absolute Gasteiger partial charge is 0.408 e. The first-order valence-electron chi connectivity index (χ1n) is 22.8. The van der Waals surface area contributed by atoms with E-state index >= 15 is 0 Å². The fraction of sp³-hybridized carbons (Fsp3) is 0.915. The summed E-state index contributed by atoms with van der Waals surface area (Å²) in [6.07, 6.45) is 20.4. The first-order chi connectivity index (χ1) is 26.0. The molecule has 0 unspecified atom stereocenters. The molecule has 2 amide bonds. The van der Waals surface area contributed by atoms with Gasteiger partial charge in [0.2, 0.25) is 0 Å². The summed E-state index contributed by atoms with van der Waals surface area (Å²) in [4.78, 5) is 26.3. The van der Waals surface area contributed by atoms with Crippen LogP contribution in [-0.4, -0.2) is 69.5 Å². The minimum atomic E-state index is -0.974. The molecule has 0 bridgehead atoms. The van der Waals surface area contributed by atoms with E-state index in [0.717, 1.165) is 86.6 Å². The van der Waals surface area contributed by atoms with E-state index in [1.54, 1.807) is 5.57 Å². The number of carboxylic acid groups (broad SMARTS) is 1. The highest BCUT2D eigenvalue weighted by Crippen LogP contribution is 2.67. The molecule has 56 heavy (non-hydrogen) atoms. The van der Waals surface area contributed by atoms with E-state index in [-0.39, 0.29) is 11.6 Å². The maximum atomic E-state index is 12.4. The fourth-order valence-electron chi connectivity index (χ4n) is 11.7. The van der Waals surface area contributed by atoms with Gasteiger partial charge in [0.05, 0.1) is 0 Å². The van der Waals surface area contributed by atoms with Crippen molar-refractivity contribution in [3.05, 3.63) is 11.6 Å². The van der Waals surface area contributed by atoms with Gasteiger partial charge in [0, 0.05) is 28.6 Å². The lowest BCUT2D eigenvalue weighted by Crippen LogP contribution is -2.50. The lowest BCUT2D eigenvalue weighted by atomic mass is 9.47. The second-order valence-electron chi connectivity index (χ2n) is 21.9. The number of nitrogens with one attached hydrogen (secondary N) is 2. The molecule has 0 aromatic heterocycles. The highest BCUT2D eigenvalue weighted by molar-refractivity contribution is 8.76. The summed E-state index contributed by atoms with van der Waals surface area (Å²) >= 11 is 0. The zero-order valence-corrected chi connectivity index (χ0v) is 39.6. The average Bonchev–Trinajstić information content (AvgIpc) is 3.42. The molecular formula is C47H85N3O4S2. The highest BCUT2D eigenvalue weighted by atomic mass is 33.1. The summed E-state index contributed by atoms with van der Waals surface area (Å²) < 4.78 is 5.50. The van der Waals surface area contributed by atoms with E-state index in [1.807, 2.05) is 34.6 Å². The van der Waals surface area contributed by atoms with Gasteiger partial charge in [-0.1, -0.05) is 87.1 Å². The highest BCUT2D eigenvalue weighted by Gasteiger charge is 2.59. The molecular weight excluding hydrogens is 735 g/mol. The summed E-state index contributed by atoms with van der Waals surface area (Å²) in [5.41, 5.74) is 1.38. The van der Waals surface area contributed by atoms with Gasteiger partial charge in [-0.3, -0.25) is 0 Å². The van der Waals surface area contributed by atoms with Crippen molar-refractivity contribution in [3.8, 4) is 0 Å². The molecule has 0 aromatic rings. The van der Waals surface area contributed by atoms with Gasteiger partial charge in [-0.05, 0) is 185 Å². The standard InChI is InChI=1S/C47H85N3O4S2/c1-33(2)16-13-17-34(3)38-20-21-39-37-19-18-35-32-36(22-25-46(35,11)40(37)23-26-47(38,39)12)56-55-31-15-29-50(30-27-45(9,10)48-41(51)52)28-14-24-44(7,8)49-42(53)54-43(4,5)6/h18,33-34,36-40,48H,13-17,19-32H2,1-12H3,(H,49,53)(H,51,52)/t34-,36+,37+,38-,39+,40+,46+,47-/m1/s1. The Morgan fingerprint density at radius 2 is 1.57 bits per heavy atom. The molecule has 0 aliphatic heterocycles. The number of carbonyl (C=O) groups excluding carboxylic acids is 1. The van der Waals surface area contributed by atoms with Gasteiger partial charge in [-0.15, -0.1) is 0 Å². The van der Waals surface area contributed by atoms with E-state index in [1.165, 1.54) is 70.6 Å². The van der Waals surface area contributed by atoms with Crippen molar-refractivity contribution in [3.63, 3.8) is 0 Å². The summed E-state index contributed by atoms with van der Waals surface area (Å²) in [7, 11) is 4.21. The van der Waals surface area contributed by atoms with Gasteiger partial charge in [0.25, 0.3) is 0 Å². The van der Waals surface area contributed by atoms with E-state index in [2.05, 4.69) is 91.7 Å². The molecule has 4 rings (SSSR count). The predicted octanol–water partition coefficient (Wildman–Crippen LogP) is 13.0. The van der Waals surface area contributed by atoms with Gasteiger partial charge in [0.15, 0.2) is 0 Å². The molecule has 8 atom stereocenters. The molecule has 0 spiro atoms. The van der Waals surface area contributed by atoms with Crippen molar-refractivity contribution < 1.29 is 19.4 Å². The third-order valence-electron chi connectivity index (χ3n) is 14.8. The second kappa shape index (κ2) is 20.0. The summed E-state index contributed by atoms with van der Waals surface area (Å²) in [6, 6.07) is 0. The molecule has 0 aromatic carbocycles. The molecule has 3 saturated carbocycles. The van der Waals surface area contributed by atoms with Crippen LogP contribution in [0.4, 0.5) is 9.59 Å². The lowest BCUT2D eigenvalue weighted by molar-refractivity contribution is -0.0497. The molecule has 3 N–H and O–H groups in total. The van der Waals surface area contributed by atoms with Crippen LogP contribution in [0, 0.1) is 46.3 Å². The van der Waals surface area contributed by atoms with Crippen molar-refractivity contribution in [2.45, 2.75) is 201 Å². The van der Waals surface area contributed by atoms with Crippen LogP contribution in [0.5, 0.6) is 0 Å². The molecule has 4 aliphatic rings. The maximum absolute atomic E-state index is 12.4. The quantitative estimate of drug-likeness (QED) is 0.0640. The number of ether oxygens (including phenoxy) is 1. The fourth-order valence-corrected chi connectivity index (χ4v) is 14.4. The van der Waals surface area contributed by atoms with Gasteiger partial charge in [0.1, 0.15) is 5.60 Å². The number of alkyl carbamates (subject to hydrolysis) is 1. The molecule has 0 radical (unpaired) electrons. The Hall–Kier alpha value is -1.06. The number of hydrogen-bond donors (Lipinski definition) is 3. The van der Waals surface area contributed by atoms with Crippen LogP contribution in [0.1, 0.15) is 179 Å². The number of nitrogens with zero attached hydrogens (tertiary/aromatic N) is 1. The Bertz CT molecular complexity index is 1310. The van der Waals surface area contributed by atoms with Gasteiger partial charge in [-0.25, -0.2) is 9.59 Å². The number of amides is 2. The van der Waals surface area contributed by atoms with Crippen molar-refractivity contribution in [2.24, 2.45) is 46.3 Å². The first kappa shape index (κ1) is 47.6. The normalized spacial score (nSPS) is 30.0. The van der Waals surface area contributed by atoms with E-state index < -0.39 is 17.2 Å². The van der Waals surface area contributed by atoms with Crippen LogP contribution in [0.25, 0.3) is 0 Å². The largest absolute Gasteiger partial charge is 0.465 e. The molecule has 4 aliphatic carbocycles. The summed E-state index contributed by atoms with van der Waals surface area (Å²) in [6.45, 7) is 29.2. The number of fused-ring (bicyclic) bond motifs is 5. The Morgan fingerprint density at radius 1 is 0.875 bits per heavy atom. The second-order valence-corrected chi connectivity index (χ2v) is 24.7. The van der Waals surface area contributed by atoms with Gasteiger partial charge < -0.3 is 25.4 Å². The molecule has 0 heterocycles. The minimum Gasteiger partial charge on any atom is -0.465 e. The predicted molar refractivity (Wildman–Crippen MR) is 240 cm³/mol. The maximum Gasteiger partial charge on any atom is 0.408 e. The summed E-state index contributed by atoms with van der Waals surface area (Å²) in [5.74, 6) is 6.46. The Kier molecular flexibility index (Phi) is 17.0. The van der Waals surface area contributed by atoms with Crippen LogP contribution in [-0.2, 0) is 4.74 Å². The van der Waals surface area contributed by atoms with E-state index in [0.29, 0.717) is 16.1 Å². The molecule has 0 saturated heterocycles. The zero-order chi connectivity index (χ0) is 41.5. The van der Waals surface area contributed by atoms with Gasteiger partial charge >= 0.3 is 12.2 Å². The summed E-state index contributed by atoms with van der Waals surface area (Å²) in [5, 5.41) is 15.8. The van der Waals surface area contributed by atoms with Gasteiger partial charge in [-0.2, -0.15) is 0 Å². The van der Waals surface area contributed by atoms with Crippen LogP contribution in [0.15, 0.2) is 11.6 Å². The third-order valence-corrected chi connectivity index (χ3v) is 17.8. The van der Waals surface area contributed by atoms with Crippen molar-refractivity contribution in [2.75, 3.05) is 25.4 Å². The van der Waals surface area contributed by atoms with Crippen molar-refractivity contribution in [1.82, 2.24) is 15.5 Å². The Morgan fingerprint density at radius 3 is 2.25 bits per heavy atom. The Balaban J connectivity index is 1.25.